The SMILES string of the molecule is O=S(=O)(O)O[C@H]1[C@H](O)[C@@H](CO)OC(O)[C@@H]1OS(=O)(=O)O. The molecule has 1 rings (SSSR count). The lowest BCUT2D eigenvalue weighted by Crippen LogP contribution is -2.61. The van der Waals surface area contributed by atoms with E-state index in [-0.39, 0.29) is 0 Å². The Morgan fingerprint density at radius 3 is 1.80 bits per heavy atom. The van der Waals surface area contributed by atoms with E-state index in [9.17, 15) is 27.0 Å². The predicted molar refractivity (Wildman–Crippen MR) is 56.8 cm³/mol. The lowest BCUT2D eigenvalue weighted by atomic mass is 9.99. The molecule has 5 N–H and O–H groups in total. The third-order valence-electron chi connectivity index (χ3n) is 2.28. The maximum atomic E-state index is 10.6. The van der Waals surface area contributed by atoms with Gasteiger partial charge >= 0.3 is 20.8 Å². The molecule has 0 saturated carbocycles. The van der Waals surface area contributed by atoms with Crippen LogP contribution < -0.4 is 0 Å². The van der Waals surface area contributed by atoms with E-state index in [0.29, 0.717) is 0 Å². The molecule has 1 unspecified atom stereocenters. The maximum absolute atomic E-state index is 10.6. The fourth-order valence-electron chi connectivity index (χ4n) is 1.55. The molecule has 1 aliphatic rings. The number of rotatable bonds is 5. The van der Waals surface area contributed by atoms with E-state index in [2.05, 4.69) is 13.1 Å². The van der Waals surface area contributed by atoms with Crippen molar-refractivity contribution in [1.29, 1.82) is 0 Å². The molecule has 0 aromatic carbocycles. The predicted octanol–water partition coefficient (Wildman–Crippen LogP) is -3.57. The highest BCUT2D eigenvalue weighted by Crippen LogP contribution is 2.26. The number of ether oxygens (including phenoxy) is 1. The van der Waals surface area contributed by atoms with E-state index >= 15 is 0 Å². The van der Waals surface area contributed by atoms with E-state index in [1.165, 1.54) is 0 Å². The lowest BCUT2D eigenvalue weighted by Gasteiger charge is -2.39. The Morgan fingerprint density at radius 2 is 1.40 bits per heavy atom. The fourth-order valence-corrected chi connectivity index (χ4v) is 2.54. The molecule has 1 saturated heterocycles. The van der Waals surface area contributed by atoms with Crippen molar-refractivity contribution in [1.82, 2.24) is 0 Å². The van der Waals surface area contributed by atoms with E-state index in [0.717, 1.165) is 0 Å². The summed E-state index contributed by atoms with van der Waals surface area (Å²) in [5.74, 6) is 0. The Balaban J connectivity index is 3.09. The molecule has 0 aromatic heterocycles. The molecule has 0 bridgehead atoms. The molecule has 120 valence electrons. The number of hydrogen-bond acceptors (Lipinski definition) is 10. The summed E-state index contributed by atoms with van der Waals surface area (Å²) in [7, 11) is -10.3. The van der Waals surface area contributed by atoms with E-state index in [1.807, 2.05) is 0 Å². The van der Waals surface area contributed by atoms with Crippen molar-refractivity contribution in [3.8, 4) is 0 Å². The van der Waals surface area contributed by atoms with Crippen molar-refractivity contribution in [2.24, 2.45) is 0 Å². The molecule has 1 aliphatic heterocycles. The molecule has 14 heteroatoms. The van der Waals surface area contributed by atoms with Crippen LogP contribution in [0.1, 0.15) is 0 Å². The Labute approximate surface area is 113 Å². The Kier molecular flexibility index (Phi) is 5.41. The molecule has 20 heavy (non-hydrogen) atoms. The number of hydrogen-bond donors (Lipinski definition) is 5. The third-order valence-corrected chi connectivity index (χ3v) is 3.21. The summed E-state index contributed by atoms with van der Waals surface area (Å²) >= 11 is 0. The second kappa shape index (κ2) is 6.14. The van der Waals surface area contributed by atoms with Crippen LogP contribution in [0.4, 0.5) is 0 Å². The van der Waals surface area contributed by atoms with Crippen molar-refractivity contribution in [2.75, 3.05) is 6.61 Å². The molecule has 0 amide bonds. The fraction of sp³-hybridized carbons (Fsp3) is 1.00. The molecular weight excluding hydrogens is 328 g/mol. The summed E-state index contributed by atoms with van der Waals surface area (Å²) in [6.07, 6.45) is -10.1. The largest absolute Gasteiger partial charge is 0.397 e. The van der Waals surface area contributed by atoms with Gasteiger partial charge in [-0.1, -0.05) is 0 Å². The monoisotopic (exact) mass is 340 g/mol. The summed E-state index contributed by atoms with van der Waals surface area (Å²) in [4.78, 5) is 0. The van der Waals surface area contributed by atoms with Crippen molar-refractivity contribution >= 4 is 20.8 Å². The number of aliphatic hydroxyl groups is 3. The second-order valence-corrected chi connectivity index (χ2v) is 5.81. The van der Waals surface area contributed by atoms with Gasteiger partial charge in [0.05, 0.1) is 6.61 Å². The molecule has 1 heterocycles. The summed E-state index contributed by atoms with van der Waals surface area (Å²) in [6, 6.07) is 0. The van der Waals surface area contributed by atoms with Gasteiger partial charge in [-0.2, -0.15) is 16.8 Å². The molecule has 0 aliphatic carbocycles. The zero-order valence-corrected chi connectivity index (χ0v) is 11.1. The highest BCUT2D eigenvalue weighted by atomic mass is 32.3. The molecule has 12 nitrogen and oxygen atoms in total. The van der Waals surface area contributed by atoms with Gasteiger partial charge in [0, 0.05) is 0 Å². The topological polar surface area (TPSA) is 197 Å². The Bertz CT molecular complexity index is 524. The van der Waals surface area contributed by atoms with Crippen LogP contribution in [0.2, 0.25) is 0 Å². The molecular formula is C6H12O12S2. The van der Waals surface area contributed by atoms with Gasteiger partial charge in [-0.3, -0.25) is 9.11 Å². The van der Waals surface area contributed by atoms with Crippen molar-refractivity contribution in [2.45, 2.75) is 30.7 Å². The zero-order valence-electron chi connectivity index (χ0n) is 9.50. The highest BCUT2D eigenvalue weighted by Gasteiger charge is 2.49. The minimum atomic E-state index is -5.16. The van der Waals surface area contributed by atoms with E-state index in [1.54, 1.807) is 0 Å². The van der Waals surface area contributed by atoms with Crippen LogP contribution in [-0.2, 0) is 33.9 Å². The molecule has 0 spiro atoms. The van der Waals surface area contributed by atoms with Gasteiger partial charge in [0.15, 0.2) is 12.4 Å². The van der Waals surface area contributed by atoms with Crippen LogP contribution in [-0.4, -0.2) is 78.6 Å². The standard InChI is InChI=1S/C6H12O12S2/c7-1-2-3(8)4(17-19(10,11)12)5(6(9)16-2)18-20(13,14)15/h2-9H,1H2,(H,10,11,12)(H,13,14,15)/t2-,3-,4+,5-,6?/m1/s1. The average molecular weight is 340 g/mol. The van der Waals surface area contributed by atoms with Gasteiger partial charge in [0.2, 0.25) is 0 Å². The molecule has 0 radical (unpaired) electrons. The minimum Gasteiger partial charge on any atom is -0.394 e. The Morgan fingerprint density at radius 1 is 0.950 bits per heavy atom. The van der Waals surface area contributed by atoms with Crippen molar-refractivity contribution in [3.05, 3.63) is 0 Å². The van der Waals surface area contributed by atoms with Gasteiger partial charge in [0.1, 0.15) is 18.3 Å². The van der Waals surface area contributed by atoms with Crippen molar-refractivity contribution < 1.29 is 54.4 Å². The quantitative estimate of drug-likeness (QED) is 0.309. The average Bonchev–Trinajstić information content (AvgIpc) is 2.25. The molecule has 0 aromatic rings. The minimum absolute atomic E-state index is 0.887. The maximum Gasteiger partial charge on any atom is 0.397 e. The van der Waals surface area contributed by atoms with Crippen LogP contribution in [0.3, 0.4) is 0 Å². The van der Waals surface area contributed by atoms with Crippen LogP contribution in [0.15, 0.2) is 0 Å². The molecule has 5 atom stereocenters. The normalized spacial score (nSPS) is 36.0. The van der Waals surface area contributed by atoms with E-state index < -0.39 is 58.1 Å². The first-order chi connectivity index (χ1) is 8.94. The van der Waals surface area contributed by atoms with Crippen LogP contribution in [0.25, 0.3) is 0 Å². The van der Waals surface area contributed by atoms with E-state index in [4.69, 9.17) is 14.2 Å². The number of aliphatic hydroxyl groups excluding tert-OH is 3. The van der Waals surface area contributed by atoms with Gasteiger partial charge in [-0.15, -0.1) is 0 Å². The van der Waals surface area contributed by atoms with Gasteiger partial charge < -0.3 is 20.1 Å². The molecule has 1 fully saturated rings. The van der Waals surface area contributed by atoms with Crippen LogP contribution in [0, 0.1) is 0 Å². The Hall–Kier alpha value is -0.420. The van der Waals surface area contributed by atoms with Crippen LogP contribution >= 0.6 is 0 Å². The smallest absolute Gasteiger partial charge is 0.394 e. The first kappa shape index (κ1) is 17.6. The van der Waals surface area contributed by atoms with Gasteiger partial charge in [0.25, 0.3) is 0 Å². The lowest BCUT2D eigenvalue weighted by molar-refractivity contribution is -0.276. The van der Waals surface area contributed by atoms with Gasteiger partial charge in [-0.25, -0.2) is 8.37 Å². The van der Waals surface area contributed by atoms with Crippen LogP contribution in [0.5, 0.6) is 0 Å². The van der Waals surface area contributed by atoms with Crippen molar-refractivity contribution in [3.63, 3.8) is 0 Å². The van der Waals surface area contributed by atoms with Gasteiger partial charge in [-0.05, 0) is 0 Å². The second-order valence-electron chi connectivity index (χ2n) is 3.72. The summed E-state index contributed by atoms with van der Waals surface area (Å²) in [5, 5.41) is 27.9. The highest BCUT2D eigenvalue weighted by molar-refractivity contribution is 7.81. The summed E-state index contributed by atoms with van der Waals surface area (Å²) in [5.41, 5.74) is 0. The third kappa shape index (κ3) is 4.85. The summed E-state index contributed by atoms with van der Waals surface area (Å²) < 4.78 is 71.9. The first-order valence-corrected chi connectivity index (χ1v) is 7.61. The zero-order chi connectivity index (χ0) is 15.7. The first-order valence-electron chi connectivity index (χ1n) is 4.88. The summed E-state index contributed by atoms with van der Waals surface area (Å²) in [6.45, 7) is -0.887.